The van der Waals surface area contributed by atoms with Crippen molar-refractivity contribution in [2.75, 3.05) is 33.4 Å². The molecule has 5 nitrogen and oxygen atoms in total. The van der Waals surface area contributed by atoms with E-state index in [2.05, 4.69) is 43.5 Å². The van der Waals surface area contributed by atoms with Crippen molar-refractivity contribution in [2.24, 2.45) is 4.99 Å². The number of methoxy groups -OCH3 is 1. The Labute approximate surface area is 175 Å². The minimum absolute atomic E-state index is 0. The van der Waals surface area contributed by atoms with Gasteiger partial charge in [0.15, 0.2) is 5.96 Å². The first-order chi connectivity index (χ1) is 12.1. The van der Waals surface area contributed by atoms with Crippen molar-refractivity contribution in [1.29, 1.82) is 0 Å². The van der Waals surface area contributed by atoms with Crippen molar-refractivity contribution in [3.8, 4) is 5.75 Å². The van der Waals surface area contributed by atoms with Crippen LogP contribution in [-0.2, 0) is 4.74 Å². The summed E-state index contributed by atoms with van der Waals surface area (Å²) in [5.74, 6) is 2.26. The van der Waals surface area contributed by atoms with Crippen molar-refractivity contribution in [3.05, 3.63) is 29.8 Å². The highest BCUT2D eigenvalue weighted by Gasteiger charge is 2.29. The van der Waals surface area contributed by atoms with E-state index in [-0.39, 0.29) is 29.6 Å². The number of nitrogens with one attached hydrogen (secondary N) is 2. The third-order valence-electron chi connectivity index (χ3n) is 4.77. The Bertz CT molecular complexity index is 542. The number of hydrogen-bond acceptors (Lipinski definition) is 3. The van der Waals surface area contributed by atoms with Gasteiger partial charge in [-0.2, -0.15) is 0 Å². The molecular weight excluding hydrogens is 441 g/mol. The maximum absolute atomic E-state index is 5.82. The Hall–Kier alpha value is -1.02. The standard InChI is InChI=1S/C20H33N3O2.HI/c1-5-21-19(23-15-20(3)12-6-14-25-20)22-13-11-16(2)17-7-9-18(24-4)10-8-17;/h7-10,16H,5-6,11-15H2,1-4H3,(H2,21,22,23);1H. The maximum atomic E-state index is 5.82. The fourth-order valence-electron chi connectivity index (χ4n) is 3.06. The number of hydrogen-bond donors (Lipinski definition) is 2. The molecule has 0 spiro atoms. The van der Waals surface area contributed by atoms with Crippen LogP contribution in [0, 0.1) is 0 Å². The van der Waals surface area contributed by atoms with Crippen LogP contribution in [0.2, 0.25) is 0 Å². The zero-order valence-electron chi connectivity index (χ0n) is 16.5. The predicted octanol–water partition coefficient (Wildman–Crippen LogP) is 3.93. The lowest BCUT2D eigenvalue weighted by atomic mass is 9.98. The van der Waals surface area contributed by atoms with Gasteiger partial charge in [-0.15, -0.1) is 24.0 Å². The van der Waals surface area contributed by atoms with E-state index in [9.17, 15) is 0 Å². The molecule has 1 aromatic carbocycles. The van der Waals surface area contributed by atoms with E-state index in [1.807, 2.05) is 12.1 Å². The molecule has 1 saturated heterocycles. The number of nitrogens with zero attached hydrogens (tertiary/aromatic N) is 1. The molecule has 2 atom stereocenters. The molecule has 2 N–H and O–H groups in total. The Kier molecular flexibility index (Phi) is 10.3. The van der Waals surface area contributed by atoms with Crippen LogP contribution in [0.25, 0.3) is 0 Å². The van der Waals surface area contributed by atoms with Gasteiger partial charge in [-0.05, 0) is 56.7 Å². The summed E-state index contributed by atoms with van der Waals surface area (Å²) >= 11 is 0. The van der Waals surface area contributed by atoms with Gasteiger partial charge in [-0.3, -0.25) is 4.99 Å². The zero-order valence-corrected chi connectivity index (χ0v) is 18.8. The monoisotopic (exact) mass is 475 g/mol. The average molecular weight is 475 g/mol. The van der Waals surface area contributed by atoms with Crippen LogP contribution < -0.4 is 15.4 Å². The fourth-order valence-corrected chi connectivity index (χ4v) is 3.06. The Morgan fingerprint density at radius 3 is 2.62 bits per heavy atom. The van der Waals surface area contributed by atoms with Gasteiger partial charge in [0, 0.05) is 19.7 Å². The number of rotatable bonds is 8. The molecule has 0 aliphatic carbocycles. The second-order valence-electron chi connectivity index (χ2n) is 6.99. The molecule has 1 heterocycles. The molecule has 2 rings (SSSR count). The summed E-state index contributed by atoms with van der Waals surface area (Å²) in [5, 5.41) is 6.76. The van der Waals surface area contributed by atoms with Crippen LogP contribution in [0.3, 0.4) is 0 Å². The highest BCUT2D eigenvalue weighted by Crippen LogP contribution is 2.25. The molecular formula is C20H34IN3O2. The molecule has 0 saturated carbocycles. The molecule has 0 radical (unpaired) electrons. The van der Waals surface area contributed by atoms with Crippen molar-refractivity contribution < 1.29 is 9.47 Å². The smallest absolute Gasteiger partial charge is 0.191 e. The van der Waals surface area contributed by atoms with Gasteiger partial charge in [0.1, 0.15) is 5.75 Å². The molecule has 148 valence electrons. The number of aliphatic imine (C=N–C) groups is 1. The van der Waals surface area contributed by atoms with E-state index in [4.69, 9.17) is 14.5 Å². The molecule has 0 amide bonds. The van der Waals surface area contributed by atoms with E-state index in [1.165, 1.54) is 5.56 Å². The van der Waals surface area contributed by atoms with Crippen molar-refractivity contribution in [1.82, 2.24) is 10.6 Å². The second kappa shape index (κ2) is 11.6. The minimum Gasteiger partial charge on any atom is -0.497 e. The topological polar surface area (TPSA) is 54.9 Å². The first kappa shape index (κ1) is 23.0. The largest absolute Gasteiger partial charge is 0.497 e. The third-order valence-corrected chi connectivity index (χ3v) is 4.77. The quantitative estimate of drug-likeness (QED) is 0.340. The van der Waals surface area contributed by atoms with E-state index in [0.717, 1.165) is 50.7 Å². The lowest BCUT2D eigenvalue weighted by Crippen LogP contribution is -2.39. The molecule has 1 aliphatic rings. The Balaban J connectivity index is 0.00000338. The van der Waals surface area contributed by atoms with Gasteiger partial charge in [-0.25, -0.2) is 0 Å². The molecule has 1 aromatic rings. The van der Waals surface area contributed by atoms with Gasteiger partial charge in [0.2, 0.25) is 0 Å². The first-order valence-electron chi connectivity index (χ1n) is 9.36. The molecule has 1 aliphatic heterocycles. The van der Waals surface area contributed by atoms with Crippen LogP contribution in [0.15, 0.2) is 29.3 Å². The average Bonchev–Trinajstić information content (AvgIpc) is 3.06. The van der Waals surface area contributed by atoms with Crippen molar-refractivity contribution in [2.45, 2.75) is 51.6 Å². The molecule has 6 heteroatoms. The molecule has 26 heavy (non-hydrogen) atoms. The van der Waals surface area contributed by atoms with E-state index in [0.29, 0.717) is 12.5 Å². The highest BCUT2D eigenvalue weighted by atomic mass is 127. The van der Waals surface area contributed by atoms with Gasteiger partial charge in [0.05, 0.1) is 19.3 Å². The predicted molar refractivity (Wildman–Crippen MR) is 119 cm³/mol. The molecule has 0 aromatic heterocycles. The number of benzene rings is 1. The number of ether oxygens (including phenoxy) is 2. The number of guanidine groups is 1. The van der Waals surface area contributed by atoms with Crippen LogP contribution in [0.1, 0.15) is 51.5 Å². The van der Waals surface area contributed by atoms with Crippen molar-refractivity contribution >= 4 is 29.9 Å². The zero-order chi connectivity index (χ0) is 18.1. The molecule has 1 fully saturated rings. The Morgan fingerprint density at radius 2 is 2.04 bits per heavy atom. The van der Waals surface area contributed by atoms with Crippen LogP contribution in [0.5, 0.6) is 5.75 Å². The second-order valence-corrected chi connectivity index (χ2v) is 6.99. The Morgan fingerprint density at radius 1 is 1.31 bits per heavy atom. The summed E-state index contributed by atoms with van der Waals surface area (Å²) in [6, 6.07) is 8.32. The molecule has 0 bridgehead atoms. The fraction of sp³-hybridized carbons (Fsp3) is 0.650. The lowest BCUT2D eigenvalue weighted by Gasteiger charge is -2.21. The summed E-state index contributed by atoms with van der Waals surface area (Å²) < 4.78 is 11.0. The number of halogens is 1. The van der Waals surface area contributed by atoms with Crippen LogP contribution in [-0.4, -0.2) is 44.9 Å². The summed E-state index contributed by atoms with van der Waals surface area (Å²) in [6.45, 7) is 9.80. The third kappa shape index (κ3) is 7.31. The minimum atomic E-state index is -0.0985. The van der Waals surface area contributed by atoms with Gasteiger partial charge < -0.3 is 20.1 Å². The summed E-state index contributed by atoms with van der Waals surface area (Å²) in [6.07, 6.45) is 3.27. The van der Waals surface area contributed by atoms with Gasteiger partial charge in [-0.1, -0.05) is 19.1 Å². The van der Waals surface area contributed by atoms with E-state index in [1.54, 1.807) is 7.11 Å². The van der Waals surface area contributed by atoms with E-state index < -0.39 is 0 Å². The highest BCUT2D eigenvalue weighted by molar-refractivity contribution is 14.0. The van der Waals surface area contributed by atoms with Gasteiger partial charge in [0.25, 0.3) is 0 Å². The lowest BCUT2D eigenvalue weighted by molar-refractivity contribution is 0.0283. The normalized spacial score (nSPS) is 21.0. The van der Waals surface area contributed by atoms with Crippen LogP contribution in [0.4, 0.5) is 0 Å². The maximum Gasteiger partial charge on any atom is 0.191 e. The first-order valence-corrected chi connectivity index (χ1v) is 9.36. The van der Waals surface area contributed by atoms with Crippen molar-refractivity contribution in [3.63, 3.8) is 0 Å². The molecule has 2 unspecified atom stereocenters. The summed E-state index contributed by atoms with van der Waals surface area (Å²) in [7, 11) is 1.70. The van der Waals surface area contributed by atoms with E-state index >= 15 is 0 Å². The SMILES string of the molecule is CCNC(=NCC1(C)CCCO1)NCCC(C)c1ccc(OC)cc1.I. The van der Waals surface area contributed by atoms with Crippen LogP contribution >= 0.6 is 24.0 Å². The summed E-state index contributed by atoms with van der Waals surface area (Å²) in [5.41, 5.74) is 1.23. The summed E-state index contributed by atoms with van der Waals surface area (Å²) in [4.78, 5) is 4.71. The van der Waals surface area contributed by atoms with Gasteiger partial charge >= 0.3 is 0 Å².